The SMILES string of the molecule is CC(Cc1ccc(F)cc1)Nc1ccc2oc(=O)[nH]c2c1. The maximum atomic E-state index is 12.9. The van der Waals surface area contributed by atoms with Gasteiger partial charge in [0.15, 0.2) is 5.58 Å². The molecule has 3 aromatic rings. The molecule has 3 rings (SSSR count). The first-order chi connectivity index (χ1) is 10.1. The van der Waals surface area contributed by atoms with Gasteiger partial charge in [0.25, 0.3) is 0 Å². The van der Waals surface area contributed by atoms with Crippen LogP contribution in [-0.4, -0.2) is 11.0 Å². The van der Waals surface area contributed by atoms with E-state index in [4.69, 9.17) is 4.42 Å². The lowest BCUT2D eigenvalue weighted by Gasteiger charge is -2.15. The van der Waals surface area contributed by atoms with Gasteiger partial charge in [-0.05, 0) is 49.2 Å². The number of benzene rings is 2. The first-order valence-corrected chi connectivity index (χ1v) is 6.74. The van der Waals surface area contributed by atoms with Crippen molar-refractivity contribution in [3.05, 3.63) is 64.4 Å². The summed E-state index contributed by atoms with van der Waals surface area (Å²) in [5.41, 5.74) is 3.17. The number of H-pyrrole nitrogens is 1. The Balaban J connectivity index is 1.71. The highest BCUT2D eigenvalue weighted by Crippen LogP contribution is 2.17. The number of halogens is 1. The number of fused-ring (bicyclic) bond motifs is 1. The largest absolute Gasteiger partial charge is 0.417 e. The Bertz CT molecular complexity index is 805. The molecule has 2 N–H and O–H groups in total. The number of nitrogens with one attached hydrogen (secondary N) is 2. The van der Waals surface area contributed by atoms with Gasteiger partial charge in [0, 0.05) is 11.7 Å². The Kier molecular flexibility index (Phi) is 3.48. The molecule has 0 saturated carbocycles. The zero-order chi connectivity index (χ0) is 14.8. The van der Waals surface area contributed by atoms with Crippen molar-refractivity contribution in [2.45, 2.75) is 19.4 Å². The van der Waals surface area contributed by atoms with Gasteiger partial charge < -0.3 is 9.73 Å². The summed E-state index contributed by atoms with van der Waals surface area (Å²) in [6.45, 7) is 2.05. The lowest BCUT2D eigenvalue weighted by Crippen LogP contribution is -2.17. The van der Waals surface area contributed by atoms with Crippen LogP contribution in [0.1, 0.15) is 12.5 Å². The minimum Gasteiger partial charge on any atom is -0.408 e. The van der Waals surface area contributed by atoms with Crippen LogP contribution >= 0.6 is 0 Å². The number of hydrogen-bond donors (Lipinski definition) is 2. The highest BCUT2D eigenvalue weighted by atomic mass is 19.1. The van der Waals surface area contributed by atoms with E-state index in [1.807, 2.05) is 19.1 Å². The van der Waals surface area contributed by atoms with Gasteiger partial charge in [0.05, 0.1) is 5.52 Å². The molecule has 0 spiro atoms. The van der Waals surface area contributed by atoms with Crippen molar-refractivity contribution >= 4 is 16.8 Å². The van der Waals surface area contributed by atoms with Crippen LogP contribution in [0.15, 0.2) is 51.7 Å². The number of oxazole rings is 1. The van der Waals surface area contributed by atoms with Gasteiger partial charge in [-0.2, -0.15) is 0 Å². The summed E-state index contributed by atoms with van der Waals surface area (Å²) in [4.78, 5) is 13.7. The van der Waals surface area contributed by atoms with Crippen LogP contribution in [0.5, 0.6) is 0 Å². The standard InChI is InChI=1S/C16H15FN2O2/c1-10(8-11-2-4-12(17)5-3-11)18-13-6-7-15-14(9-13)19-16(20)21-15/h2-7,9-10,18H,8H2,1H3,(H,19,20). The molecule has 0 aliphatic carbocycles. The summed E-state index contributed by atoms with van der Waals surface area (Å²) >= 11 is 0. The molecule has 0 fully saturated rings. The Hall–Kier alpha value is -2.56. The normalized spacial score (nSPS) is 12.5. The van der Waals surface area contributed by atoms with Crippen LogP contribution in [0.25, 0.3) is 11.1 Å². The number of hydrogen-bond acceptors (Lipinski definition) is 3. The van der Waals surface area contributed by atoms with E-state index in [0.717, 1.165) is 17.7 Å². The molecule has 1 atom stereocenters. The molecule has 1 unspecified atom stereocenters. The summed E-state index contributed by atoms with van der Waals surface area (Å²) < 4.78 is 17.8. The predicted octanol–water partition coefficient (Wildman–Crippen LogP) is 3.30. The minimum absolute atomic E-state index is 0.173. The maximum absolute atomic E-state index is 12.9. The molecular formula is C16H15FN2O2. The molecule has 0 bridgehead atoms. The molecule has 108 valence electrons. The van der Waals surface area contributed by atoms with Crippen LogP contribution < -0.4 is 11.1 Å². The molecule has 5 heteroatoms. The lowest BCUT2D eigenvalue weighted by atomic mass is 10.1. The van der Waals surface area contributed by atoms with Gasteiger partial charge in [-0.1, -0.05) is 12.1 Å². The Labute approximate surface area is 120 Å². The highest BCUT2D eigenvalue weighted by Gasteiger charge is 2.06. The van der Waals surface area contributed by atoms with E-state index < -0.39 is 5.76 Å². The zero-order valence-electron chi connectivity index (χ0n) is 11.5. The second kappa shape index (κ2) is 5.44. The van der Waals surface area contributed by atoms with E-state index >= 15 is 0 Å². The van der Waals surface area contributed by atoms with Crippen LogP contribution in [0.3, 0.4) is 0 Å². The molecule has 0 aliphatic rings. The van der Waals surface area contributed by atoms with Crippen molar-refractivity contribution in [2.75, 3.05) is 5.32 Å². The van der Waals surface area contributed by atoms with Crippen molar-refractivity contribution in [2.24, 2.45) is 0 Å². The molecule has 0 radical (unpaired) electrons. The fourth-order valence-electron chi connectivity index (χ4n) is 2.35. The second-order valence-electron chi connectivity index (χ2n) is 5.10. The fourth-order valence-corrected chi connectivity index (χ4v) is 2.35. The maximum Gasteiger partial charge on any atom is 0.417 e. The van der Waals surface area contributed by atoms with Crippen molar-refractivity contribution in [1.82, 2.24) is 4.98 Å². The summed E-state index contributed by atoms with van der Waals surface area (Å²) in [6.07, 6.45) is 0.778. The third kappa shape index (κ3) is 3.13. The fraction of sp³-hybridized carbons (Fsp3) is 0.188. The van der Waals surface area contributed by atoms with Gasteiger partial charge >= 0.3 is 5.76 Å². The van der Waals surface area contributed by atoms with Crippen LogP contribution in [0.2, 0.25) is 0 Å². The Morgan fingerprint density at radius 3 is 2.76 bits per heavy atom. The van der Waals surface area contributed by atoms with E-state index in [1.54, 1.807) is 18.2 Å². The second-order valence-corrected chi connectivity index (χ2v) is 5.10. The van der Waals surface area contributed by atoms with E-state index in [9.17, 15) is 9.18 Å². The summed E-state index contributed by atoms with van der Waals surface area (Å²) in [7, 11) is 0. The molecule has 2 aromatic carbocycles. The van der Waals surface area contributed by atoms with Crippen molar-refractivity contribution in [3.8, 4) is 0 Å². The van der Waals surface area contributed by atoms with Crippen LogP contribution in [0.4, 0.5) is 10.1 Å². The lowest BCUT2D eigenvalue weighted by molar-refractivity contribution is 0.555. The summed E-state index contributed by atoms with van der Waals surface area (Å²) in [6, 6.07) is 12.1. The Morgan fingerprint density at radius 1 is 1.24 bits per heavy atom. The molecule has 0 saturated heterocycles. The molecular weight excluding hydrogens is 271 g/mol. The van der Waals surface area contributed by atoms with Crippen LogP contribution in [0, 0.1) is 5.82 Å². The molecule has 4 nitrogen and oxygen atoms in total. The predicted molar refractivity (Wildman–Crippen MR) is 80.0 cm³/mol. The topological polar surface area (TPSA) is 58.0 Å². The summed E-state index contributed by atoms with van der Waals surface area (Å²) in [5, 5.41) is 3.35. The van der Waals surface area contributed by atoms with Crippen molar-refractivity contribution < 1.29 is 8.81 Å². The van der Waals surface area contributed by atoms with E-state index in [1.165, 1.54) is 12.1 Å². The average molecular weight is 286 g/mol. The third-order valence-electron chi connectivity index (χ3n) is 3.29. The van der Waals surface area contributed by atoms with E-state index in [-0.39, 0.29) is 11.9 Å². The molecule has 0 aliphatic heterocycles. The molecule has 1 heterocycles. The number of anilines is 1. The van der Waals surface area contributed by atoms with Gasteiger partial charge in [-0.15, -0.1) is 0 Å². The third-order valence-corrected chi connectivity index (χ3v) is 3.29. The van der Waals surface area contributed by atoms with Gasteiger partial charge in [-0.3, -0.25) is 4.98 Å². The monoisotopic (exact) mass is 286 g/mol. The quantitative estimate of drug-likeness (QED) is 0.773. The zero-order valence-corrected chi connectivity index (χ0v) is 11.5. The van der Waals surface area contributed by atoms with Crippen molar-refractivity contribution in [3.63, 3.8) is 0 Å². The first kappa shape index (κ1) is 13.4. The number of aromatic amines is 1. The van der Waals surface area contributed by atoms with E-state index in [0.29, 0.717) is 11.1 Å². The average Bonchev–Trinajstić information content (AvgIpc) is 2.80. The van der Waals surface area contributed by atoms with Gasteiger partial charge in [-0.25, -0.2) is 9.18 Å². The number of rotatable bonds is 4. The Morgan fingerprint density at radius 2 is 2.00 bits per heavy atom. The minimum atomic E-state index is -0.457. The van der Waals surface area contributed by atoms with Crippen molar-refractivity contribution in [1.29, 1.82) is 0 Å². The van der Waals surface area contributed by atoms with E-state index in [2.05, 4.69) is 10.3 Å². The first-order valence-electron chi connectivity index (χ1n) is 6.74. The molecule has 1 aromatic heterocycles. The molecule has 21 heavy (non-hydrogen) atoms. The number of aromatic nitrogens is 1. The van der Waals surface area contributed by atoms with Gasteiger partial charge in [0.2, 0.25) is 0 Å². The molecule has 0 amide bonds. The van der Waals surface area contributed by atoms with Gasteiger partial charge in [0.1, 0.15) is 5.82 Å². The van der Waals surface area contributed by atoms with Crippen LogP contribution in [-0.2, 0) is 6.42 Å². The smallest absolute Gasteiger partial charge is 0.408 e. The highest BCUT2D eigenvalue weighted by molar-refractivity contribution is 5.76. The summed E-state index contributed by atoms with van der Waals surface area (Å²) in [5.74, 6) is -0.685.